The molecule has 0 spiro atoms. The molecule has 1 aromatic rings. The number of hydrogen-bond acceptors (Lipinski definition) is 2. The number of carbonyl (C=O) groups excluding carboxylic acids is 2. The number of para-hydroxylation sites is 1. The molecule has 3 unspecified atom stereocenters. The lowest BCUT2D eigenvalue weighted by Gasteiger charge is -2.12. The van der Waals surface area contributed by atoms with Crippen molar-refractivity contribution in [3.8, 4) is 0 Å². The third-order valence-corrected chi connectivity index (χ3v) is 4.19. The van der Waals surface area contributed by atoms with E-state index in [1.165, 1.54) is 0 Å². The van der Waals surface area contributed by atoms with Crippen LogP contribution in [0.15, 0.2) is 18.2 Å². The second-order valence-electron chi connectivity index (χ2n) is 6.02. The van der Waals surface area contributed by atoms with Crippen LogP contribution >= 0.6 is 0 Å². The van der Waals surface area contributed by atoms with Gasteiger partial charge in [0.25, 0.3) is 0 Å². The molecule has 0 saturated heterocycles. The van der Waals surface area contributed by atoms with Crippen molar-refractivity contribution >= 4 is 17.5 Å². The largest absolute Gasteiger partial charge is 0.353 e. The van der Waals surface area contributed by atoms with Crippen LogP contribution in [0.25, 0.3) is 0 Å². The first-order valence-corrected chi connectivity index (χ1v) is 7.61. The van der Waals surface area contributed by atoms with E-state index in [-0.39, 0.29) is 29.7 Å². The molecule has 0 aromatic heterocycles. The normalized spacial score (nSPS) is 21.5. The Balaban J connectivity index is 1.93. The Labute approximate surface area is 126 Å². The van der Waals surface area contributed by atoms with Gasteiger partial charge in [-0.15, -0.1) is 0 Å². The summed E-state index contributed by atoms with van der Waals surface area (Å²) in [7, 11) is 0. The Morgan fingerprint density at radius 2 is 1.76 bits per heavy atom. The molecule has 114 valence electrons. The van der Waals surface area contributed by atoms with E-state index in [9.17, 15) is 9.59 Å². The molecule has 1 saturated carbocycles. The zero-order chi connectivity index (χ0) is 15.6. The molecule has 2 N–H and O–H groups in total. The molecular weight excluding hydrogens is 264 g/mol. The molecular formula is C17H24N2O2. The summed E-state index contributed by atoms with van der Waals surface area (Å²) in [5.74, 6) is -0.390. The number of anilines is 1. The topological polar surface area (TPSA) is 58.2 Å². The van der Waals surface area contributed by atoms with Crippen LogP contribution in [0, 0.1) is 25.7 Å². The van der Waals surface area contributed by atoms with Crippen molar-refractivity contribution in [1.29, 1.82) is 0 Å². The minimum Gasteiger partial charge on any atom is -0.353 e. The average Bonchev–Trinajstić information content (AvgIpc) is 3.23. The second-order valence-corrected chi connectivity index (χ2v) is 6.02. The van der Waals surface area contributed by atoms with Gasteiger partial charge in [-0.1, -0.05) is 25.1 Å². The SMILES string of the molecule is CCC(C)NC(=O)C1CC1C(=O)Nc1c(C)cccc1C. The van der Waals surface area contributed by atoms with Crippen molar-refractivity contribution in [3.05, 3.63) is 29.3 Å². The Hall–Kier alpha value is -1.84. The molecule has 0 radical (unpaired) electrons. The van der Waals surface area contributed by atoms with E-state index >= 15 is 0 Å². The van der Waals surface area contributed by atoms with Crippen LogP contribution in [-0.2, 0) is 9.59 Å². The lowest BCUT2D eigenvalue weighted by Crippen LogP contribution is -2.34. The van der Waals surface area contributed by atoms with Gasteiger partial charge >= 0.3 is 0 Å². The maximum atomic E-state index is 12.3. The van der Waals surface area contributed by atoms with Crippen molar-refractivity contribution in [3.63, 3.8) is 0 Å². The molecule has 1 aliphatic carbocycles. The molecule has 4 heteroatoms. The van der Waals surface area contributed by atoms with Gasteiger partial charge < -0.3 is 10.6 Å². The first-order chi connectivity index (χ1) is 9.93. The van der Waals surface area contributed by atoms with Crippen LogP contribution in [0.2, 0.25) is 0 Å². The monoisotopic (exact) mass is 288 g/mol. The average molecular weight is 288 g/mol. The van der Waals surface area contributed by atoms with Gasteiger partial charge in [-0.2, -0.15) is 0 Å². The fourth-order valence-electron chi connectivity index (χ4n) is 2.45. The van der Waals surface area contributed by atoms with Crippen molar-refractivity contribution in [1.82, 2.24) is 5.32 Å². The Kier molecular flexibility index (Phi) is 4.66. The molecule has 1 aromatic carbocycles. The molecule has 4 nitrogen and oxygen atoms in total. The van der Waals surface area contributed by atoms with Crippen LogP contribution in [0.4, 0.5) is 5.69 Å². The minimum atomic E-state index is -0.187. The molecule has 0 aliphatic heterocycles. The van der Waals surface area contributed by atoms with Gasteiger partial charge in [0.1, 0.15) is 0 Å². The van der Waals surface area contributed by atoms with Gasteiger partial charge in [0.2, 0.25) is 11.8 Å². The summed E-state index contributed by atoms with van der Waals surface area (Å²) in [6.07, 6.45) is 1.55. The van der Waals surface area contributed by atoms with E-state index in [0.717, 1.165) is 23.2 Å². The van der Waals surface area contributed by atoms with Gasteiger partial charge in [-0.25, -0.2) is 0 Å². The standard InChI is InChI=1S/C17H24N2O2/c1-5-12(4)18-16(20)13-9-14(13)17(21)19-15-10(2)7-6-8-11(15)3/h6-8,12-14H,5,9H2,1-4H3,(H,18,20)(H,19,21). The molecule has 3 atom stereocenters. The Morgan fingerprint density at radius 3 is 2.33 bits per heavy atom. The van der Waals surface area contributed by atoms with E-state index in [2.05, 4.69) is 10.6 Å². The van der Waals surface area contributed by atoms with Crippen molar-refractivity contribution in [2.45, 2.75) is 46.6 Å². The molecule has 21 heavy (non-hydrogen) atoms. The number of rotatable bonds is 5. The van der Waals surface area contributed by atoms with Gasteiger partial charge in [-0.3, -0.25) is 9.59 Å². The fourth-order valence-corrected chi connectivity index (χ4v) is 2.45. The first kappa shape index (κ1) is 15.5. The third-order valence-electron chi connectivity index (χ3n) is 4.19. The smallest absolute Gasteiger partial charge is 0.228 e. The van der Waals surface area contributed by atoms with E-state index in [4.69, 9.17) is 0 Å². The Bertz CT molecular complexity index is 533. The minimum absolute atomic E-state index is 0.00556. The molecule has 0 heterocycles. The van der Waals surface area contributed by atoms with E-state index < -0.39 is 0 Å². The van der Waals surface area contributed by atoms with E-state index in [1.54, 1.807) is 0 Å². The predicted molar refractivity (Wildman–Crippen MR) is 84.0 cm³/mol. The summed E-state index contributed by atoms with van der Waals surface area (Å²) in [5.41, 5.74) is 2.96. The summed E-state index contributed by atoms with van der Waals surface area (Å²) < 4.78 is 0. The number of carbonyl (C=O) groups is 2. The van der Waals surface area contributed by atoms with E-state index in [1.807, 2.05) is 45.9 Å². The maximum absolute atomic E-state index is 12.3. The number of hydrogen-bond donors (Lipinski definition) is 2. The lowest BCUT2D eigenvalue weighted by atomic mass is 10.1. The molecule has 0 bridgehead atoms. The van der Waals surface area contributed by atoms with E-state index in [0.29, 0.717) is 6.42 Å². The number of nitrogens with one attached hydrogen (secondary N) is 2. The van der Waals surface area contributed by atoms with Crippen LogP contribution in [0.1, 0.15) is 37.8 Å². The quantitative estimate of drug-likeness (QED) is 0.875. The van der Waals surface area contributed by atoms with Crippen molar-refractivity contribution in [2.24, 2.45) is 11.8 Å². The molecule has 2 rings (SSSR count). The maximum Gasteiger partial charge on any atom is 0.228 e. The van der Waals surface area contributed by atoms with Crippen molar-refractivity contribution in [2.75, 3.05) is 5.32 Å². The summed E-state index contributed by atoms with van der Waals surface area (Å²) in [6, 6.07) is 6.09. The van der Waals surface area contributed by atoms with Gasteiger partial charge in [0, 0.05) is 11.7 Å². The predicted octanol–water partition coefficient (Wildman–Crippen LogP) is 2.79. The van der Waals surface area contributed by atoms with Crippen LogP contribution in [0.3, 0.4) is 0 Å². The van der Waals surface area contributed by atoms with Gasteiger partial charge in [0.15, 0.2) is 0 Å². The molecule has 1 fully saturated rings. The van der Waals surface area contributed by atoms with Gasteiger partial charge in [0.05, 0.1) is 11.8 Å². The summed E-state index contributed by atoms with van der Waals surface area (Å²) in [6.45, 7) is 7.96. The highest BCUT2D eigenvalue weighted by Gasteiger charge is 2.48. The van der Waals surface area contributed by atoms with Crippen LogP contribution in [-0.4, -0.2) is 17.9 Å². The van der Waals surface area contributed by atoms with Gasteiger partial charge in [-0.05, 0) is 44.7 Å². The third kappa shape index (κ3) is 3.63. The zero-order valence-electron chi connectivity index (χ0n) is 13.2. The number of aryl methyl sites for hydroxylation is 2. The van der Waals surface area contributed by atoms with Crippen LogP contribution in [0.5, 0.6) is 0 Å². The zero-order valence-corrected chi connectivity index (χ0v) is 13.2. The molecule has 2 amide bonds. The first-order valence-electron chi connectivity index (χ1n) is 7.61. The second kappa shape index (κ2) is 6.29. The number of benzene rings is 1. The highest BCUT2D eigenvalue weighted by atomic mass is 16.2. The highest BCUT2D eigenvalue weighted by molar-refractivity contribution is 6.00. The fraction of sp³-hybridized carbons (Fsp3) is 0.529. The van der Waals surface area contributed by atoms with Crippen molar-refractivity contribution < 1.29 is 9.59 Å². The summed E-state index contributed by atoms with van der Waals surface area (Å²) >= 11 is 0. The number of amides is 2. The van der Waals surface area contributed by atoms with Crippen LogP contribution < -0.4 is 10.6 Å². The highest BCUT2D eigenvalue weighted by Crippen LogP contribution is 2.40. The molecule has 1 aliphatic rings. The lowest BCUT2D eigenvalue weighted by molar-refractivity contribution is -0.125. The summed E-state index contributed by atoms with van der Waals surface area (Å²) in [4.78, 5) is 24.2. The summed E-state index contributed by atoms with van der Waals surface area (Å²) in [5, 5.41) is 5.92. The Morgan fingerprint density at radius 1 is 1.19 bits per heavy atom.